The van der Waals surface area contributed by atoms with Gasteiger partial charge in [-0.15, -0.1) is 0 Å². The van der Waals surface area contributed by atoms with Gasteiger partial charge in [-0.1, -0.05) is 174 Å². The van der Waals surface area contributed by atoms with Crippen molar-refractivity contribution >= 4 is 0 Å². The van der Waals surface area contributed by atoms with Crippen molar-refractivity contribution in [3.05, 3.63) is 35.5 Å². The average molecular weight is 557 g/mol. The summed E-state index contributed by atoms with van der Waals surface area (Å²) in [5, 5.41) is 0. The van der Waals surface area contributed by atoms with Crippen LogP contribution in [0.2, 0.25) is 0 Å². The number of rotatable bonds is 26. The van der Waals surface area contributed by atoms with Gasteiger partial charge in [0.25, 0.3) is 0 Å². The van der Waals surface area contributed by atoms with Crippen molar-refractivity contribution in [2.45, 2.75) is 185 Å². The Balaban J connectivity index is 3.91. The second kappa shape index (κ2) is 25.9. The maximum atomic E-state index is 2.49. The van der Waals surface area contributed by atoms with E-state index in [9.17, 15) is 0 Å². The van der Waals surface area contributed by atoms with Crippen molar-refractivity contribution < 1.29 is 0 Å². The number of unbranched alkanes of at least 4 members (excludes halogenated alkanes) is 1. The first kappa shape index (κ1) is 39.2. The van der Waals surface area contributed by atoms with Crippen LogP contribution in [0.5, 0.6) is 0 Å². The lowest BCUT2D eigenvalue weighted by molar-refractivity contribution is 0.389. The van der Waals surface area contributed by atoms with Crippen molar-refractivity contribution in [2.75, 3.05) is 0 Å². The Bertz CT molecular complexity index is 645. The van der Waals surface area contributed by atoms with Gasteiger partial charge in [0.15, 0.2) is 0 Å². The number of hydrogen-bond acceptors (Lipinski definition) is 0. The van der Waals surface area contributed by atoms with E-state index in [0.29, 0.717) is 0 Å². The second-order valence-electron chi connectivity index (χ2n) is 15.0. The van der Waals surface area contributed by atoms with Gasteiger partial charge >= 0.3 is 0 Å². The topological polar surface area (TPSA) is 0 Å². The molecule has 0 heterocycles. The largest absolute Gasteiger partial charge is 0.0853 e. The summed E-state index contributed by atoms with van der Waals surface area (Å²) in [6, 6.07) is 0. The van der Waals surface area contributed by atoms with Crippen LogP contribution in [0.1, 0.15) is 185 Å². The van der Waals surface area contributed by atoms with Crippen molar-refractivity contribution in [1.82, 2.24) is 0 Å². The highest BCUT2D eigenvalue weighted by atomic mass is 14.1. The smallest absolute Gasteiger partial charge is 0.0310 e. The van der Waals surface area contributed by atoms with Crippen LogP contribution >= 0.6 is 0 Å². The van der Waals surface area contributed by atoms with Gasteiger partial charge in [-0.05, 0) is 81.5 Å². The first-order valence-corrected chi connectivity index (χ1v) is 18.0. The molecule has 40 heavy (non-hydrogen) atoms. The number of hydrogen-bond donors (Lipinski definition) is 0. The lowest BCUT2D eigenvalue weighted by Gasteiger charge is -2.15. The standard InChI is InChI=1S/C40H76/c1-33(2)19-13-23-37(7)27-17-31-39(9)29-15-25-35(5)21-11-12-22-36(6)26-16-30-40(10)32-18-28-38(8)24-14-20-34(3)4/h15,21-22,25,33-34,37-40H,11-14,16-20,23-24,26-32H2,1-10H3/b25-15+,35-21+,36-22+/t37-,38-,39+,40+/m0/s1. The normalized spacial score (nSPS) is 16.3. The Morgan fingerprint density at radius 3 is 1.35 bits per heavy atom. The van der Waals surface area contributed by atoms with Crippen LogP contribution in [-0.4, -0.2) is 0 Å². The van der Waals surface area contributed by atoms with Crippen LogP contribution < -0.4 is 0 Å². The molecule has 0 bridgehead atoms. The van der Waals surface area contributed by atoms with E-state index in [-0.39, 0.29) is 0 Å². The quantitative estimate of drug-likeness (QED) is 0.0564. The van der Waals surface area contributed by atoms with Crippen LogP contribution in [0.4, 0.5) is 0 Å². The first-order valence-electron chi connectivity index (χ1n) is 18.0. The van der Waals surface area contributed by atoms with Crippen LogP contribution in [0.25, 0.3) is 0 Å². The molecule has 0 fully saturated rings. The molecule has 0 saturated heterocycles. The average Bonchev–Trinajstić information content (AvgIpc) is 2.86. The van der Waals surface area contributed by atoms with Gasteiger partial charge in [0.1, 0.15) is 0 Å². The van der Waals surface area contributed by atoms with E-state index in [4.69, 9.17) is 0 Å². The summed E-state index contributed by atoms with van der Waals surface area (Å²) in [6.45, 7) is 23.8. The molecular formula is C40H76. The molecule has 4 atom stereocenters. The maximum absolute atomic E-state index is 2.49. The van der Waals surface area contributed by atoms with Crippen LogP contribution in [0.15, 0.2) is 35.5 Å². The van der Waals surface area contributed by atoms with Gasteiger partial charge in [-0.2, -0.15) is 0 Å². The molecule has 0 unspecified atom stereocenters. The molecule has 0 aliphatic carbocycles. The summed E-state index contributed by atoms with van der Waals surface area (Å²) >= 11 is 0. The van der Waals surface area contributed by atoms with E-state index in [1.807, 2.05) is 0 Å². The molecule has 0 rings (SSSR count). The Labute approximate surface area is 255 Å². The van der Waals surface area contributed by atoms with E-state index in [0.717, 1.165) is 35.5 Å². The highest BCUT2D eigenvalue weighted by molar-refractivity contribution is 5.16. The summed E-state index contributed by atoms with van der Waals surface area (Å²) in [5.41, 5.74) is 3.02. The van der Waals surface area contributed by atoms with E-state index in [1.165, 1.54) is 121 Å². The minimum atomic E-state index is 0.809. The van der Waals surface area contributed by atoms with Gasteiger partial charge in [0, 0.05) is 0 Å². The highest BCUT2D eigenvalue weighted by Gasteiger charge is 2.07. The van der Waals surface area contributed by atoms with Crippen molar-refractivity contribution in [1.29, 1.82) is 0 Å². The third-order valence-corrected chi connectivity index (χ3v) is 9.06. The van der Waals surface area contributed by atoms with Crippen molar-refractivity contribution in [3.8, 4) is 0 Å². The van der Waals surface area contributed by atoms with Gasteiger partial charge in [-0.3, -0.25) is 0 Å². The van der Waals surface area contributed by atoms with E-state index in [1.54, 1.807) is 5.57 Å². The summed E-state index contributed by atoms with van der Waals surface area (Å²) < 4.78 is 0. The molecule has 0 aromatic heterocycles. The molecule has 0 aromatic carbocycles. The second-order valence-corrected chi connectivity index (χ2v) is 15.0. The van der Waals surface area contributed by atoms with Gasteiger partial charge in [0.05, 0.1) is 0 Å². The zero-order chi connectivity index (χ0) is 30.2. The van der Waals surface area contributed by atoms with Crippen LogP contribution in [0, 0.1) is 35.5 Å². The van der Waals surface area contributed by atoms with Crippen LogP contribution in [-0.2, 0) is 0 Å². The van der Waals surface area contributed by atoms with E-state index in [2.05, 4.69) is 93.5 Å². The zero-order valence-corrected chi connectivity index (χ0v) is 29.5. The monoisotopic (exact) mass is 557 g/mol. The van der Waals surface area contributed by atoms with Gasteiger partial charge < -0.3 is 0 Å². The molecule has 0 saturated carbocycles. The Morgan fingerprint density at radius 2 is 0.875 bits per heavy atom. The first-order chi connectivity index (χ1) is 19.0. The lowest BCUT2D eigenvalue weighted by Crippen LogP contribution is -2.00. The molecule has 0 aromatic rings. The highest BCUT2D eigenvalue weighted by Crippen LogP contribution is 2.23. The third-order valence-electron chi connectivity index (χ3n) is 9.06. The lowest BCUT2D eigenvalue weighted by atomic mass is 9.91. The minimum Gasteiger partial charge on any atom is -0.0853 e. The van der Waals surface area contributed by atoms with Crippen molar-refractivity contribution in [3.63, 3.8) is 0 Å². The zero-order valence-electron chi connectivity index (χ0n) is 29.5. The third kappa shape index (κ3) is 27.4. The van der Waals surface area contributed by atoms with E-state index >= 15 is 0 Å². The predicted molar refractivity (Wildman–Crippen MR) is 186 cm³/mol. The Morgan fingerprint density at radius 1 is 0.475 bits per heavy atom. The Kier molecular flexibility index (Phi) is 25.4. The summed E-state index contributed by atoms with van der Waals surface area (Å²) in [4.78, 5) is 0. The molecule has 0 N–H and O–H groups in total. The fourth-order valence-corrected chi connectivity index (χ4v) is 5.96. The molecular weight excluding hydrogens is 480 g/mol. The fourth-order valence-electron chi connectivity index (χ4n) is 5.96. The minimum absolute atomic E-state index is 0.809. The summed E-state index contributed by atoms with van der Waals surface area (Å²) in [7, 11) is 0. The molecule has 0 heteroatoms. The molecule has 236 valence electrons. The molecule has 0 nitrogen and oxygen atoms in total. The molecule has 0 aliphatic rings. The summed E-state index contributed by atoms with van der Waals surface area (Å²) in [5.74, 6) is 5.24. The van der Waals surface area contributed by atoms with Gasteiger partial charge in [0.2, 0.25) is 0 Å². The Hall–Kier alpha value is -0.780. The summed E-state index contributed by atoms with van der Waals surface area (Å²) in [6.07, 6.45) is 34.3. The number of allylic oxidation sites excluding steroid dienone is 6. The fraction of sp³-hybridized carbons (Fsp3) is 0.850. The van der Waals surface area contributed by atoms with Crippen LogP contribution in [0.3, 0.4) is 0 Å². The molecule has 0 radical (unpaired) electrons. The molecule has 0 aliphatic heterocycles. The maximum Gasteiger partial charge on any atom is -0.0310 e. The van der Waals surface area contributed by atoms with Gasteiger partial charge in [-0.25, -0.2) is 0 Å². The van der Waals surface area contributed by atoms with E-state index < -0.39 is 0 Å². The molecule has 0 spiro atoms. The predicted octanol–water partition coefficient (Wildman–Crippen LogP) is 14.3. The molecule has 0 amide bonds. The SMILES string of the molecule is CC(/C=C/C[C@@H](C)CCC[C@@H](C)CCCC(C)C)=C\CC/C=C(\C)CCC[C@@H](C)CCC[C@@H](C)CCCC(C)C. The van der Waals surface area contributed by atoms with Crippen molar-refractivity contribution in [2.24, 2.45) is 35.5 Å².